The summed E-state index contributed by atoms with van der Waals surface area (Å²) in [6.07, 6.45) is 6.04. The van der Waals surface area contributed by atoms with Crippen LogP contribution in [0.3, 0.4) is 0 Å². The fourth-order valence-electron chi connectivity index (χ4n) is 2.37. The molecule has 0 atom stereocenters. The summed E-state index contributed by atoms with van der Waals surface area (Å²) in [7, 11) is 0. The number of aromatic hydroxyl groups is 1. The van der Waals surface area contributed by atoms with E-state index in [2.05, 4.69) is 49.3 Å². The van der Waals surface area contributed by atoms with Crippen LogP contribution in [0.4, 0.5) is 0 Å². The molecule has 2 aromatic carbocycles. The lowest BCUT2D eigenvalue weighted by Gasteiger charge is -2.07. The first-order valence-corrected chi connectivity index (χ1v) is 10.3. The standard InChI is InChI=1S/C20H22Br2N2O3/c1-2-3-4-5-14-6-8-17(9-7-14)27-13-19(25)24-23-12-15-10-16(21)11-18(22)20(15)26/h6-12,26H,2-5,13H2,1H3,(H,24,25)/b23-12+. The highest BCUT2D eigenvalue weighted by Gasteiger charge is 2.06. The maximum absolute atomic E-state index is 11.8. The second kappa shape index (κ2) is 11.1. The highest BCUT2D eigenvalue weighted by molar-refractivity contribution is 9.11. The number of ether oxygens (including phenoxy) is 1. The zero-order valence-electron chi connectivity index (χ0n) is 15.0. The Morgan fingerprint density at radius 1 is 1.22 bits per heavy atom. The van der Waals surface area contributed by atoms with Gasteiger partial charge < -0.3 is 9.84 Å². The van der Waals surface area contributed by atoms with E-state index in [1.807, 2.05) is 24.3 Å². The summed E-state index contributed by atoms with van der Waals surface area (Å²) < 4.78 is 6.78. The van der Waals surface area contributed by atoms with Crippen molar-refractivity contribution in [1.29, 1.82) is 0 Å². The van der Waals surface area contributed by atoms with Gasteiger partial charge in [0.15, 0.2) is 6.61 Å². The number of unbranched alkanes of at least 4 members (excludes halogenated alkanes) is 2. The molecule has 7 heteroatoms. The van der Waals surface area contributed by atoms with Crippen LogP contribution in [0.15, 0.2) is 50.4 Å². The third-order valence-electron chi connectivity index (χ3n) is 3.81. The van der Waals surface area contributed by atoms with E-state index >= 15 is 0 Å². The van der Waals surface area contributed by atoms with E-state index in [9.17, 15) is 9.90 Å². The topological polar surface area (TPSA) is 70.9 Å². The molecule has 0 spiro atoms. The number of rotatable bonds is 9. The van der Waals surface area contributed by atoms with Gasteiger partial charge in [0.05, 0.1) is 10.7 Å². The van der Waals surface area contributed by atoms with Crippen molar-refractivity contribution >= 4 is 44.0 Å². The number of nitrogens with zero attached hydrogens (tertiary/aromatic N) is 1. The monoisotopic (exact) mass is 496 g/mol. The predicted octanol–water partition coefficient (Wildman–Crippen LogP) is 5.18. The molecule has 0 bridgehead atoms. The molecule has 2 rings (SSSR count). The van der Waals surface area contributed by atoms with Crippen LogP contribution >= 0.6 is 31.9 Å². The van der Waals surface area contributed by atoms with Crippen LogP contribution in [0.25, 0.3) is 0 Å². The summed E-state index contributed by atoms with van der Waals surface area (Å²) >= 11 is 6.57. The number of benzene rings is 2. The number of carbonyl (C=O) groups excluding carboxylic acids is 1. The average Bonchev–Trinajstić information content (AvgIpc) is 2.65. The molecule has 1 amide bonds. The van der Waals surface area contributed by atoms with Gasteiger partial charge in [-0.1, -0.05) is 47.8 Å². The summed E-state index contributed by atoms with van der Waals surface area (Å²) in [5.74, 6) is 0.306. The molecular formula is C20H22Br2N2O3. The van der Waals surface area contributed by atoms with E-state index < -0.39 is 0 Å². The zero-order chi connectivity index (χ0) is 19.6. The molecule has 0 saturated heterocycles. The van der Waals surface area contributed by atoms with Crippen LogP contribution in [0.5, 0.6) is 11.5 Å². The van der Waals surface area contributed by atoms with Gasteiger partial charge in [-0.2, -0.15) is 5.10 Å². The molecule has 2 N–H and O–H groups in total. The lowest BCUT2D eigenvalue weighted by molar-refractivity contribution is -0.123. The minimum absolute atomic E-state index is 0.0477. The van der Waals surface area contributed by atoms with Gasteiger partial charge in [0.25, 0.3) is 5.91 Å². The highest BCUT2D eigenvalue weighted by atomic mass is 79.9. The highest BCUT2D eigenvalue weighted by Crippen LogP contribution is 2.30. The van der Waals surface area contributed by atoms with Crippen molar-refractivity contribution in [3.8, 4) is 11.5 Å². The summed E-state index contributed by atoms with van der Waals surface area (Å²) in [6.45, 7) is 2.05. The Hall–Kier alpha value is -1.86. The van der Waals surface area contributed by atoms with Crippen molar-refractivity contribution in [3.05, 3.63) is 56.5 Å². The van der Waals surface area contributed by atoms with E-state index in [4.69, 9.17) is 4.74 Å². The van der Waals surface area contributed by atoms with Gasteiger partial charge >= 0.3 is 0 Å². The number of halogens is 2. The second-order valence-electron chi connectivity index (χ2n) is 6.01. The summed E-state index contributed by atoms with van der Waals surface area (Å²) in [4.78, 5) is 11.8. The lowest BCUT2D eigenvalue weighted by atomic mass is 10.1. The van der Waals surface area contributed by atoms with Gasteiger partial charge in [0.1, 0.15) is 11.5 Å². The Balaban J connectivity index is 1.79. The number of hydrazone groups is 1. The number of phenols is 1. The molecule has 0 aromatic heterocycles. The second-order valence-corrected chi connectivity index (χ2v) is 7.78. The average molecular weight is 498 g/mol. The quantitative estimate of drug-likeness (QED) is 0.285. The number of nitrogens with one attached hydrogen (secondary N) is 1. The van der Waals surface area contributed by atoms with Gasteiger partial charge in [-0.25, -0.2) is 5.43 Å². The van der Waals surface area contributed by atoms with Crippen LogP contribution in [-0.4, -0.2) is 23.8 Å². The molecule has 27 heavy (non-hydrogen) atoms. The maximum atomic E-state index is 11.8. The molecule has 0 aliphatic carbocycles. The van der Waals surface area contributed by atoms with Crippen LogP contribution in [-0.2, 0) is 11.2 Å². The number of hydrogen-bond acceptors (Lipinski definition) is 4. The zero-order valence-corrected chi connectivity index (χ0v) is 18.2. The normalized spacial score (nSPS) is 10.9. The first-order chi connectivity index (χ1) is 13.0. The summed E-state index contributed by atoms with van der Waals surface area (Å²) in [5.41, 5.74) is 4.11. The fraction of sp³-hybridized carbons (Fsp3) is 0.300. The largest absolute Gasteiger partial charge is 0.506 e. The number of carbonyl (C=O) groups is 1. The number of phenolic OH excluding ortho intramolecular Hbond substituents is 1. The van der Waals surface area contributed by atoms with Crippen LogP contribution < -0.4 is 10.2 Å². The van der Waals surface area contributed by atoms with Crippen molar-refractivity contribution in [3.63, 3.8) is 0 Å². The number of amides is 1. The molecule has 0 aliphatic rings. The van der Waals surface area contributed by atoms with Gasteiger partial charge in [-0.15, -0.1) is 0 Å². The first-order valence-electron chi connectivity index (χ1n) is 8.71. The molecule has 0 heterocycles. The molecule has 0 fully saturated rings. The van der Waals surface area contributed by atoms with E-state index in [1.165, 1.54) is 31.0 Å². The Bertz CT molecular complexity index is 793. The number of hydrogen-bond donors (Lipinski definition) is 2. The van der Waals surface area contributed by atoms with E-state index in [1.54, 1.807) is 12.1 Å². The van der Waals surface area contributed by atoms with Gasteiger partial charge in [-0.05, 0) is 58.6 Å². The van der Waals surface area contributed by atoms with Crippen molar-refractivity contribution in [2.24, 2.45) is 5.10 Å². The Kier molecular flexibility index (Phi) is 8.81. The molecule has 2 aromatic rings. The molecule has 0 aliphatic heterocycles. The van der Waals surface area contributed by atoms with Crippen LogP contribution in [0, 0.1) is 0 Å². The Morgan fingerprint density at radius 2 is 1.96 bits per heavy atom. The lowest BCUT2D eigenvalue weighted by Crippen LogP contribution is -2.24. The van der Waals surface area contributed by atoms with Gasteiger partial charge in [0, 0.05) is 10.0 Å². The van der Waals surface area contributed by atoms with E-state index in [0.29, 0.717) is 15.8 Å². The van der Waals surface area contributed by atoms with Crippen molar-refractivity contribution < 1.29 is 14.6 Å². The minimum atomic E-state index is -0.383. The smallest absolute Gasteiger partial charge is 0.277 e. The maximum Gasteiger partial charge on any atom is 0.277 e. The Morgan fingerprint density at radius 3 is 2.67 bits per heavy atom. The molecule has 5 nitrogen and oxygen atoms in total. The molecule has 0 radical (unpaired) electrons. The third kappa shape index (κ3) is 7.34. The van der Waals surface area contributed by atoms with E-state index in [-0.39, 0.29) is 18.3 Å². The fourth-order valence-corrected chi connectivity index (χ4v) is 3.63. The van der Waals surface area contributed by atoms with Crippen LogP contribution in [0.1, 0.15) is 37.3 Å². The van der Waals surface area contributed by atoms with Crippen molar-refractivity contribution in [2.75, 3.05) is 6.61 Å². The van der Waals surface area contributed by atoms with E-state index in [0.717, 1.165) is 10.9 Å². The first kappa shape index (κ1) is 21.4. The van der Waals surface area contributed by atoms with Gasteiger partial charge in [-0.3, -0.25) is 4.79 Å². The third-order valence-corrected chi connectivity index (χ3v) is 4.88. The minimum Gasteiger partial charge on any atom is -0.506 e. The summed E-state index contributed by atoms with van der Waals surface area (Å²) in [6, 6.07) is 11.2. The van der Waals surface area contributed by atoms with Crippen molar-refractivity contribution in [2.45, 2.75) is 32.6 Å². The van der Waals surface area contributed by atoms with Crippen molar-refractivity contribution in [1.82, 2.24) is 5.43 Å². The predicted molar refractivity (Wildman–Crippen MR) is 114 cm³/mol. The SMILES string of the molecule is CCCCCc1ccc(OCC(=O)N/N=C/c2cc(Br)cc(Br)c2O)cc1. The van der Waals surface area contributed by atoms with Crippen LogP contribution in [0.2, 0.25) is 0 Å². The number of aryl methyl sites for hydroxylation is 1. The van der Waals surface area contributed by atoms with Gasteiger partial charge in [0.2, 0.25) is 0 Å². The Labute approximate surface area is 176 Å². The molecular weight excluding hydrogens is 476 g/mol. The molecule has 144 valence electrons. The molecule has 0 saturated carbocycles. The summed E-state index contributed by atoms with van der Waals surface area (Å²) in [5, 5.41) is 13.8. The molecule has 0 unspecified atom stereocenters.